The number of aromatic nitrogens is 2. The first kappa shape index (κ1) is 7.98. The molecule has 0 bridgehead atoms. The molecule has 0 fully saturated rings. The van der Waals surface area contributed by atoms with Crippen LogP contribution >= 0.6 is 0 Å². The van der Waals surface area contributed by atoms with Crippen molar-refractivity contribution in [1.82, 2.24) is 9.97 Å². The van der Waals surface area contributed by atoms with Crippen molar-refractivity contribution in [2.24, 2.45) is 0 Å². The third-order valence-corrected chi connectivity index (χ3v) is 1.85. The summed E-state index contributed by atoms with van der Waals surface area (Å²) in [7, 11) is 0. The summed E-state index contributed by atoms with van der Waals surface area (Å²) in [4.78, 5) is 7.94. The van der Waals surface area contributed by atoms with Crippen LogP contribution < -0.4 is 5.73 Å². The average molecular weight is 151 g/mol. The van der Waals surface area contributed by atoms with E-state index in [0.717, 1.165) is 12.1 Å². The number of hydrogen-bond donors (Lipinski definition) is 1. The number of nitrogen functional groups attached to an aromatic ring is 1. The second-order valence-electron chi connectivity index (χ2n) is 2.67. The second-order valence-corrected chi connectivity index (χ2v) is 2.67. The summed E-state index contributed by atoms with van der Waals surface area (Å²) in [5.74, 6) is 0.429. The van der Waals surface area contributed by atoms with E-state index < -0.39 is 0 Å². The molecule has 0 aliphatic rings. The predicted octanol–water partition coefficient (Wildman–Crippen LogP) is 1.57. The highest BCUT2D eigenvalue weighted by Gasteiger charge is 2.06. The lowest BCUT2D eigenvalue weighted by Crippen LogP contribution is -2.01. The molecule has 1 aromatic heterocycles. The topological polar surface area (TPSA) is 51.8 Å². The Bertz CT molecular complexity index is 235. The molecule has 2 N–H and O–H groups in total. The molecule has 0 spiro atoms. The lowest BCUT2D eigenvalue weighted by Gasteiger charge is -2.08. The minimum absolute atomic E-state index is 0.429. The summed E-state index contributed by atoms with van der Waals surface area (Å²) in [6, 6.07) is 0. The molecule has 0 saturated heterocycles. The molecule has 1 atom stereocenters. The van der Waals surface area contributed by atoms with Crippen LogP contribution in [0.2, 0.25) is 0 Å². The highest BCUT2D eigenvalue weighted by molar-refractivity contribution is 5.41. The first-order valence-electron chi connectivity index (χ1n) is 3.81. The summed E-state index contributed by atoms with van der Waals surface area (Å²) in [6.45, 7) is 4.23. The van der Waals surface area contributed by atoms with Gasteiger partial charge in [0.05, 0.1) is 17.6 Å². The second kappa shape index (κ2) is 3.32. The molecule has 0 saturated carbocycles. The molecule has 0 aliphatic carbocycles. The summed E-state index contributed by atoms with van der Waals surface area (Å²) >= 11 is 0. The maximum absolute atomic E-state index is 5.67. The first-order valence-corrected chi connectivity index (χ1v) is 3.81. The summed E-state index contributed by atoms with van der Waals surface area (Å²) in [6.07, 6.45) is 4.24. The zero-order chi connectivity index (χ0) is 8.27. The fourth-order valence-corrected chi connectivity index (χ4v) is 0.955. The van der Waals surface area contributed by atoms with E-state index in [1.54, 1.807) is 6.20 Å². The van der Waals surface area contributed by atoms with Crippen LogP contribution in [0.25, 0.3) is 0 Å². The SMILES string of the molecule is CC[C@H](C)c1ncncc1N. The molecule has 1 heterocycles. The van der Waals surface area contributed by atoms with Gasteiger partial charge in [0.1, 0.15) is 6.33 Å². The van der Waals surface area contributed by atoms with Crippen LogP contribution in [0.4, 0.5) is 5.69 Å². The number of hydrogen-bond acceptors (Lipinski definition) is 3. The van der Waals surface area contributed by atoms with E-state index in [9.17, 15) is 0 Å². The van der Waals surface area contributed by atoms with Gasteiger partial charge in [-0.1, -0.05) is 13.8 Å². The molecular formula is C8H13N3. The van der Waals surface area contributed by atoms with E-state index in [0.29, 0.717) is 11.6 Å². The van der Waals surface area contributed by atoms with Gasteiger partial charge in [0, 0.05) is 5.92 Å². The van der Waals surface area contributed by atoms with Crippen molar-refractivity contribution in [3.05, 3.63) is 18.2 Å². The third-order valence-electron chi connectivity index (χ3n) is 1.85. The van der Waals surface area contributed by atoms with Crippen LogP contribution in [-0.2, 0) is 0 Å². The Morgan fingerprint density at radius 1 is 1.64 bits per heavy atom. The molecule has 11 heavy (non-hydrogen) atoms. The number of anilines is 1. The van der Waals surface area contributed by atoms with Gasteiger partial charge in [-0.3, -0.25) is 0 Å². The molecule has 3 heteroatoms. The zero-order valence-electron chi connectivity index (χ0n) is 6.91. The molecule has 1 rings (SSSR count). The molecule has 3 nitrogen and oxygen atoms in total. The van der Waals surface area contributed by atoms with Gasteiger partial charge in [0.2, 0.25) is 0 Å². The van der Waals surface area contributed by atoms with Gasteiger partial charge in [-0.15, -0.1) is 0 Å². The van der Waals surface area contributed by atoms with E-state index >= 15 is 0 Å². The van der Waals surface area contributed by atoms with Crippen molar-refractivity contribution in [3.8, 4) is 0 Å². The normalized spacial score (nSPS) is 12.9. The monoisotopic (exact) mass is 151 g/mol. The molecule has 0 amide bonds. The molecular weight excluding hydrogens is 138 g/mol. The summed E-state index contributed by atoms with van der Waals surface area (Å²) in [5, 5.41) is 0. The van der Waals surface area contributed by atoms with E-state index in [4.69, 9.17) is 5.73 Å². The van der Waals surface area contributed by atoms with Gasteiger partial charge in [0.15, 0.2) is 0 Å². The molecule has 1 aromatic rings. The minimum Gasteiger partial charge on any atom is -0.396 e. The zero-order valence-corrected chi connectivity index (χ0v) is 6.91. The Hall–Kier alpha value is -1.12. The van der Waals surface area contributed by atoms with E-state index in [1.807, 2.05) is 0 Å². The van der Waals surface area contributed by atoms with Gasteiger partial charge in [0.25, 0.3) is 0 Å². The van der Waals surface area contributed by atoms with Crippen LogP contribution in [0.5, 0.6) is 0 Å². The maximum atomic E-state index is 5.67. The predicted molar refractivity (Wildman–Crippen MR) is 45.2 cm³/mol. The fraction of sp³-hybridized carbons (Fsp3) is 0.500. The number of nitrogens with two attached hydrogens (primary N) is 1. The average Bonchev–Trinajstić information content (AvgIpc) is 2.04. The van der Waals surface area contributed by atoms with Crippen molar-refractivity contribution in [2.45, 2.75) is 26.2 Å². The highest BCUT2D eigenvalue weighted by atomic mass is 14.9. The third kappa shape index (κ3) is 1.67. The van der Waals surface area contributed by atoms with Crippen LogP contribution in [0, 0.1) is 0 Å². The summed E-state index contributed by atoms with van der Waals surface area (Å²) in [5.41, 5.74) is 7.33. The van der Waals surface area contributed by atoms with Gasteiger partial charge >= 0.3 is 0 Å². The van der Waals surface area contributed by atoms with Gasteiger partial charge in [-0.05, 0) is 6.42 Å². The van der Waals surface area contributed by atoms with Crippen molar-refractivity contribution < 1.29 is 0 Å². The minimum atomic E-state index is 0.429. The van der Waals surface area contributed by atoms with Crippen molar-refractivity contribution >= 4 is 5.69 Å². The Labute approximate surface area is 66.7 Å². The van der Waals surface area contributed by atoms with Crippen LogP contribution in [0.15, 0.2) is 12.5 Å². The van der Waals surface area contributed by atoms with Gasteiger partial charge in [-0.25, -0.2) is 9.97 Å². The Balaban J connectivity index is 2.93. The van der Waals surface area contributed by atoms with Crippen LogP contribution in [0.3, 0.4) is 0 Å². The van der Waals surface area contributed by atoms with Crippen molar-refractivity contribution in [1.29, 1.82) is 0 Å². The molecule has 60 valence electrons. The smallest absolute Gasteiger partial charge is 0.115 e. The van der Waals surface area contributed by atoms with E-state index in [1.165, 1.54) is 6.33 Å². The van der Waals surface area contributed by atoms with Gasteiger partial charge < -0.3 is 5.73 Å². The Kier molecular flexibility index (Phi) is 2.41. The number of nitrogens with zero attached hydrogens (tertiary/aromatic N) is 2. The van der Waals surface area contributed by atoms with E-state index in [-0.39, 0.29) is 0 Å². The quantitative estimate of drug-likeness (QED) is 0.698. The summed E-state index contributed by atoms with van der Waals surface area (Å²) < 4.78 is 0. The lowest BCUT2D eigenvalue weighted by atomic mass is 10.0. The fourth-order valence-electron chi connectivity index (χ4n) is 0.955. The molecule has 0 unspecified atom stereocenters. The standard InChI is InChI=1S/C8H13N3/c1-3-6(2)8-7(9)4-10-5-11-8/h4-6H,3,9H2,1-2H3/t6-/m0/s1. The van der Waals surface area contributed by atoms with Crippen molar-refractivity contribution in [3.63, 3.8) is 0 Å². The molecule has 0 radical (unpaired) electrons. The lowest BCUT2D eigenvalue weighted by molar-refractivity contribution is 0.707. The maximum Gasteiger partial charge on any atom is 0.115 e. The first-order chi connectivity index (χ1) is 5.25. The van der Waals surface area contributed by atoms with E-state index in [2.05, 4.69) is 23.8 Å². The largest absolute Gasteiger partial charge is 0.396 e. The van der Waals surface area contributed by atoms with Crippen LogP contribution in [0.1, 0.15) is 31.9 Å². The highest BCUT2D eigenvalue weighted by Crippen LogP contribution is 2.20. The Morgan fingerprint density at radius 3 is 2.91 bits per heavy atom. The van der Waals surface area contributed by atoms with Crippen molar-refractivity contribution in [2.75, 3.05) is 5.73 Å². The Morgan fingerprint density at radius 2 is 2.36 bits per heavy atom. The molecule has 0 aromatic carbocycles. The van der Waals surface area contributed by atoms with Gasteiger partial charge in [-0.2, -0.15) is 0 Å². The number of rotatable bonds is 2. The molecule has 0 aliphatic heterocycles. The van der Waals surface area contributed by atoms with Crippen LogP contribution in [-0.4, -0.2) is 9.97 Å².